The Labute approximate surface area is 123 Å². The lowest BCUT2D eigenvalue weighted by Gasteiger charge is -2.05. The van der Waals surface area contributed by atoms with Gasteiger partial charge in [-0.3, -0.25) is 0 Å². The van der Waals surface area contributed by atoms with Crippen LogP contribution in [0, 0.1) is 6.92 Å². The Morgan fingerprint density at radius 1 is 1.30 bits per heavy atom. The van der Waals surface area contributed by atoms with E-state index in [-0.39, 0.29) is 0 Å². The highest BCUT2D eigenvalue weighted by Crippen LogP contribution is 2.34. The fourth-order valence-corrected chi connectivity index (χ4v) is 3.68. The van der Waals surface area contributed by atoms with Gasteiger partial charge in [0, 0.05) is 4.90 Å². The molecule has 0 saturated heterocycles. The number of thiophene rings is 1. The van der Waals surface area contributed by atoms with Crippen molar-refractivity contribution in [2.45, 2.75) is 16.8 Å². The predicted octanol–water partition coefficient (Wildman–Crippen LogP) is 3.85. The first-order valence-corrected chi connectivity index (χ1v) is 7.55. The van der Waals surface area contributed by atoms with Crippen molar-refractivity contribution < 1.29 is 9.90 Å². The van der Waals surface area contributed by atoms with Crippen molar-refractivity contribution in [1.29, 1.82) is 0 Å². The number of aromatic nitrogens is 2. The monoisotopic (exact) mass is 302 g/mol. The molecule has 0 aliphatic carbocycles. The van der Waals surface area contributed by atoms with Crippen molar-refractivity contribution in [3.8, 4) is 0 Å². The first kappa shape index (κ1) is 13.1. The van der Waals surface area contributed by atoms with Crippen LogP contribution < -0.4 is 0 Å². The highest BCUT2D eigenvalue weighted by atomic mass is 32.2. The Balaban J connectivity index is 2.01. The van der Waals surface area contributed by atoms with Crippen molar-refractivity contribution in [2.24, 2.45) is 0 Å². The lowest BCUT2D eigenvalue weighted by molar-refractivity contribution is 0.0696. The average Bonchev–Trinajstić information content (AvgIpc) is 2.90. The van der Waals surface area contributed by atoms with Crippen LogP contribution in [0.5, 0.6) is 0 Å². The van der Waals surface area contributed by atoms with Gasteiger partial charge in [0.15, 0.2) is 0 Å². The van der Waals surface area contributed by atoms with Gasteiger partial charge >= 0.3 is 5.97 Å². The van der Waals surface area contributed by atoms with E-state index in [4.69, 9.17) is 5.11 Å². The van der Waals surface area contributed by atoms with Crippen LogP contribution in [0.3, 0.4) is 0 Å². The van der Waals surface area contributed by atoms with E-state index in [1.54, 1.807) is 24.3 Å². The Kier molecular flexibility index (Phi) is 3.42. The number of aryl methyl sites for hydroxylation is 1. The molecular formula is C14H10N2O2S2. The number of carboxylic acids is 1. The van der Waals surface area contributed by atoms with E-state index in [2.05, 4.69) is 9.97 Å². The molecule has 0 bridgehead atoms. The highest BCUT2D eigenvalue weighted by Gasteiger charge is 2.11. The molecule has 1 N–H and O–H groups in total. The van der Waals surface area contributed by atoms with E-state index in [0.29, 0.717) is 5.56 Å². The molecule has 0 spiro atoms. The maximum absolute atomic E-state index is 11.2. The van der Waals surface area contributed by atoms with Crippen molar-refractivity contribution >= 4 is 39.3 Å². The molecule has 3 aromatic rings. The Morgan fingerprint density at radius 3 is 2.95 bits per heavy atom. The first-order valence-electron chi connectivity index (χ1n) is 5.85. The summed E-state index contributed by atoms with van der Waals surface area (Å²) < 4.78 is 1.02. The molecule has 3 rings (SSSR count). The third-order valence-corrected chi connectivity index (χ3v) is 4.90. The van der Waals surface area contributed by atoms with Gasteiger partial charge in [-0.2, -0.15) is 0 Å². The highest BCUT2D eigenvalue weighted by molar-refractivity contribution is 7.99. The maximum Gasteiger partial charge on any atom is 0.335 e. The zero-order chi connectivity index (χ0) is 14.1. The second kappa shape index (κ2) is 5.22. The summed E-state index contributed by atoms with van der Waals surface area (Å²) in [4.78, 5) is 20.5. The minimum atomic E-state index is -0.908. The smallest absolute Gasteiger partial charge is 0.335 e. The molecular weight excluding hydrogens is 292 g/mol. The minimum absolute atomic E-state index is 0.325. The van der Waals surface area contributed by atoms with Gasteiger partial charge in [-0.1, -0.05) is 17.8 Å². The van der Waals surface area contributed by atoms with E-state index in [1.807, 2.05) is 23.6 Å². The Hall–Kier alpha value is -1.92. The molecule has 2 aromatic heterocycles. The van der Waals surface area contributed by atoms with E-state index in [0.717, 1.165) is 25.7 Å². The van der Waals surface area contributed by atoms with Gasteiger partial charge in [0.1, 0.15) is 11.4 Å². The summed E-state index contributed by atoms with van der Waals surface area (Å²) in [5, 5.41) is 12.0. The SMILES string of the molecule is Cc1ccc(Sc2ncnc3ccsc23)cc1C(=O)O. The van der Waals surface area contributed by atoms with Crippen LogP contribution in [0.2, 0.25) is 0 Å². The number of benzene rings is 1. The summed E-state index contributed by atoms with van der Waals surface area (Å²) >= 11 is 3.04. The maximum atomic E-state index is 11.2. The molecule has 0 aliphatic heterocycles. The topological polar surface area (TPSA) is 63.1 Å². The normalized spacial score (nSPS) is 10.8. The molecule has 0 unspecified atom stereocenters. The number of aromatic carboxylic acids is 1. The van der Waals surface area contributed by atoms with Crippen molar-refractivity contribution in [1.82, 2.24) is 9.97 Å². The van der Waals surface area contributed by atoms with Crippen molar-refractivity contribution in [3.05, 3.63) is 47.1 Å². The summed E-state index contributed by atoms with van der Waals surface area (Å²) in [7, 11) is 0. The van der Waals surface area contributed by atoms with Gasteiger partial charge in [0.2, 0.25) is 0 Å². The number of hydrogen-bond acceptors (Lipinski definition) is 5. The molecule has 20 heavy (non-hydrogen) atoms. The largest absolute Gasteiger partial charge is 0.478 e. The lowest BCUT2D eigenvalue weighted by Crippen LogP contribution is -1.99. The molecule has 0 amide bonds. The molecule has 0 atom stereocenters. The Morgan fingerprint density at radius 2 is 2.15 bits per heavy atom. The fourth-order valence-electron chi connectivity index (χ4n) is 1.85. The zero-order valence-corrected chi connectivity index (χ0v) is 12.2. The van der Waals surface area contributed by atoms with Crippen LogP contribution in [0.15, 0.2) is 45.9 Å². The molecule has 100 valence electrons. The second-order valence-corrected chi connectivity index (χ2v) is 6.18. The molecule has 4 nitrogen and oxygen atoms in total. The summed E-state index contributed by atoms with van der Waals surface area (Å²) in [5.74, 6) is -0.908. The van der Waals surface area contributed by atoms with Gasteiger partial charge in [-0.05, 0) is 36.1 Å². The van der Waals surface area contributed by atoms with E-state index in [1.165, 1.54) is 18.1 Å². The molecule has 1 aromatic carbocycles. The quantitative estimate of drug-likeness (QED) is 0.745. The average molecular weight is 302 g/mol. The first-order chi connectivity index (χ1) is 9.65. The number of hydrogen-bond donors (Lipinski definition) is 1. The van der Waals surface area contributed by atoms with Crippen LogP contribution >= 0.6 is 23.1 Å². The van der Waals surface area contributed by atoms with Gasteiger partial charge in [-0.25, -0.2) is 14.8 Å². The molecule has 0 fully saturated rings. The van der Waals surface area contributed by atoms with Crippen LogP contribution in [-0.2, 0) is 0 Å². The Bertz CT molecular complexity index is 799. The summed E-state index contributed by atoms with van der Waals surface area (Å²) in [5.41, 5.74) is 2.00. The van der Waals surface area contributed by atoms with Crippen LogP contribution in [0.25, 0.3) is 10.2 Å². The van der Waals surface area contributed by atoms with Crippen molar-refractivity contribution in [3.63, 3.8) is 0 Å². The number of fused-ring (bicyclic) bond motifs is 1. The van der Waals surface area contributed by atoms with E-state index >= 15 is 0 Å². The number of carbonyl (C=O) groups is 1. The van der Waals surface area contributed by atoms with Crippen molar-refractivity contribution in [2.75, 3.05) is 0 Å². The minimum Gasteiger partial charge on any atom is -0.478 e. The molecule has 2 heterocycles. The molecule has 0 radical (unpaired) electrons. The van der Waals surface area contributed by atoms with Gasteiger partial charge < -0.3 is 5.11 Å². The third-order valence-electron chi connectivity index (χ3n) is 2.86. The van der Waals surface area contributed by atoms with Crippen LogP contribution in [-0.4, -0.2) is 21.0 Å². The summed E-state index contributed by atoms with van der Waals surface area (Å²) in [6.45, 7) is 1.79. The number of carboxylic acid groups (broad SMARTS) is 1. The molecule has 6 heteroatoms. The lowest BCUT2D eigenvalue weighted by atomic mass is 10.1. The molecule has 0 aliphatic rings. The van der Waals surface area contributed by atoms with Crippen LogP contribution in [0.4, 0.5) is 0 Å². The predicted molar refractivity (Wildman–Crippen MR) is 79.7 cm³/mol. The zero-order valence-electron chi connectivity index (χ0n) is 10.5. The van der Waals surface area contributed by atoms with Gasteiger partial charge in [0.05, 0.1) is 15.8 Å². The number of nitrogens with zero attached hydrogens (tertiary/aromatic N) is 2. The van der Waals surface area contributed by atoms with E-state index < -0.39 is 5.97 Å². The van der Waals surface area contributed by atoms with Crippen LogP contribution in [0.1, 0.15) is 15.9 Å². The summed E-state index contributed by atoms with van der Waals surface area (Å²) in [6, 6.07) is 7.36. The molecule has 0 saturated carbocycles. The fraction of sp³-hybridized carbons (Fsp3) is 0.0714. The number of rotatable bonds is 3. The summed E-state index contributed by atoms with van der Waals surface area (Å²) in [6.07, 6.45) is 1.53. The van der Waals surface area contributed by atoms with E-state index in [9.17, 15) is 4.79 Å². The standard InChI is InChI=1S/C14H10N2O2S2/c1-8-2-3-9(6-10(8)14(17)18)20-13-12-11(4-5-19-12)15-7-16-13/h2-7H,1H3,(H,17,18). The van der Waals surface area contributed by atoms with Gasteiger partial charge in [0.25, 0.3) is 0 Å². The third kappa shape index (κ3) is 2.39. The van der Waals surface area contributed by atoms with Gasteiger partial charge in [-0.15, -0.1) is 11.3 Å². The second-order valence-electron chi connectivity index (χ2n) is 4.20.